The summed E-state index contributed by atoms with van der Waals surface area (Å²) in [6, 6.07) is 5.03. The van der Waals surface area contributed by atoms with Crippen molar-refractivity contribution in [2.24, 2.45) is 0 Å². The van der Waals surface area contributed by atoms with Crippen molar-refractivity contribution in [1.29, 1.82) is 0 Å². The van der Waals surface area contributed by atoms with Gasteiger partial charge in [-0.3, -0.25) is 0 Å². The van der Waals surface area contributed by atoms with Crippen molar-refractivity contribution in [3.05, 3.63) is 28.5 Å². The van der Waals surface area contributed by atoms with Crippen LogP contribution in [0.4, 0.5) is 10.1 Å². The molecule has 1 unspecified atom stereocenters. The number of ether oxygens (including phenoxy) is 1. The lowest BCUT2D eigenvalue weighted by molar-refractivity contribution is 0.0247. The molecule has 1 aliphatic heterocycles. The lowest BCUT2D eigenvalue weighted by atomic mass is 10.1. The number of hydrogen-bond acceptors (Lipinski definition) is 2. The highest BCUT2D eigenvalue weighted by atomic mass is 79.9. The number of nitrogens with one attached hydrogen (secondary N) is 1. The molecule has 1 saturated heterocycles. The van der Waals surface area contributed by atoms with Crippen LogP contribution in [0.5, 0.6) is 0 Å². The van der Waals surface area contributed by atoms with E-state index >= 15 is 0 Å². The summed E-state index contributed by atoms with van der Waals surface area (Å²) in [5.74, 6) is -0.231. The average Bonchev–Trinajstić information content (AvgIpc) is 2.29. The molecule has 0 aromatic heterocycles. The summed E-state index contributed by atoms with van der Waals surface area (Å²) in [6.45, 7) is 1.51. The SMILES string of the molecule is Fc1cc(Br)ccc1NCC1CCCCO1. The fourth-order valence-corrected chi connectivity index (χ4v) is 2.16. The Kier molecular flexibility index (Phi) is 4.18. The molecular formula is C12H15BrFNO. The zero-order valence-corrected chi connectivity index (χ0v) is 10.6. The van der Waals surface area contributed by atoms with Crippen LogP contribution in [0, 0.1) is 5.82 Å². The molecule has 2 rings (SSSR count). The largest absolute Gasteiger partial charge is 0.380 e. The van der Waals surface area contributed by atoms with Crippen LogP contribution in [0.2, 0.25) is 0 Å². The average molecular weight is 288 g/mol. The van der Waals surface area contributed by atoms with E-state index in [0.717, 1.165) is 23.9 Å². The first-order valence-corrected chi connectivity index (χ1v) is 6.35. The molecule has 2 nitrogen and oxygen atoms in total. The van der Waals surface area contributed by atoms with Gasteiger partial charge < -0.3 is 10.1 Å². The monoisotopic (exact) mass is 287 g/mol. The molecule has 1 aliphatic rings. The predicted octanol–water partition coefficient (Wildman–Crippen LogP) is 3.57. The second-order valence-corrected chi connectivity index (χ2v) is 4.91. The van der Waals surface area contributed by atoms with Crippen LogP contribution in [-0.2, 0) is 4.74 Å². The van der Waals surface area contributed by atoms with E-state index in [1.54, 1.807) is 6.07 Å². The summed E-state index contributed by atoms with van der Waals surface area (Å²) in [4.78, 5) is 0. The first-order valence-electron chi connectivity index (χ1n) is 5.56. The lowest BCUT2D eigenvalue weighted by Crippen LogP contribution is -2.27. The van der Waals surface area contributed by atoms with Crippen LogP contribution in [-0.4, -0.2) is 19.3 Å². The minimum atomic E-state index is -0.231. The fraction of sp³-hybridized carbons (Fsp3) is 0.500. The molecule has 1 N–H and O–H groups in total. The molecule has 88 valence electrons. The van der Waals surface area contributed by atoms with Gasteiger partial charge in [0.1, 0.15) is 5.82 Å². The van der Waals surface area contributed by atoms with Crippen molar-refractivity contribution < 1.29 is 9.13 Å². The Balaban J connectivity index is 1.88. The smallest absolute Gasteiger partial charge is 0.147 e. The Hall–Kier alpha value is -0.610. The van der Waals surface area contributed by atoms with Gasteiger partial charge in [0, 0.05) is 17.6 Å². The normalized spacial score (nSPS) is 20.8. The summed E-state index contributed by atoms with van der Waals surface area (Å²) in [5, 5.41) is 3.09. The summed E-state index contributed by atoms with van der Waals surface area (Å²) >= 11 is 3.23. The van der Waals surface area contributed by atoms with Crippen LogP contribution >= 0.6 is 15.9 Å². The number of benzene rings is 1. The molecule has 0 bridgehead atoms. The Morgan fingerprint density at radius 2 is 2.31 bits per heavy atom. The van der Waals surface area contributed by atoms with Gasteiger partial charge in [-0.1, -0.05) is 15.9 Å². The summed E-state index contributed by atoms with van der Waals surface area (Å²) in [7, 11) is 0. The molecule has 1 aromatic carbocycles. The quantitative estimate of drug-likeness (QED) is 0.918. The topological polar surface area (TPSA) is 21.3 Å². The lowest BCUT2D eigenvalue weighted by Gasteiger charge is -2.23. The Bertz CT molecular complexity index is 353. The molecule has 0 amide bonds. The predicted molar refractivity (Wildman–Crippen MR) is 66.2 cm³/mol. The highest BCUT2D eigenvalue weighted by Gasteiger charge is 2.13. The maximum atomic E-state index is 13.5. The third-order valence-corrected chi connectivity index (χ3v) is 3.22. The molecule has 0 radical (unpaired) electrons. The fourth-order valence-electron chi connectivity index (χ4n) is 1.83. The van der Waals surface area contributed by atoms with E-state index in [1.165, 1.54) is 12.5 Å². The van der Waals surface area contributed by atoms with Gasteiger partial charge in [-0.25, -0.2) is 4.39 Å². The first kappa shape index (κ1) is 11.9. The second kappa shape index (κ2) is 5.64. The van der Waals surface area contributed by atoms with E-state index in [2.05, 4.69) is 21.2 Å². The van der Waals surface area contributed by atoms with Gasteiger partial charge in [0.15, 0.2) is 0 Å². The van der Waals surface area contributed by atoms with Gasteiger partial charge >= 0.3 is 0 Å². The number of anilines is 1. The van der Waals surface area contributed by atoms with Crippen molar-refractivity contribution >= 4 is 21.6 Å². The molecule has 1 atom stereocenters. The molecule has 4 heteroatoms. The van der Waals surface area contributed by atoms with Crippen LogP contribution in [0.1, 0.15) is 19.3 Å². The van der Waals surface area contributed by atoms with Gasteiger partial charge in [0.2, 0.25) is 0 Å². The van der Waals surface area contributed by atoms with E-state index < -0.39 is 0 Å². The van der Waals surface area contributed by atoms with Crippen molar-refractivity contribution in [1.82, 2.24) is 0 Å². The Morgan fingerprint density at radius 1 is 1.44 bits per heavy atom. The zero-order valence-electron chi connectivity index (χ0n) is 9.01. The van der Waals surface area contributed by atoms with E-state index in [4.69, 9.17) is 4.74 Å². The third-order valence-electron chi connectivity index (χ3n) is 2.73. The van der Waals surface area contributed by atoms with Crippen molar-refractivity contribution in [2.75, 3.05) is 18.5 Å². The van der Waals surface area contributed by atoms with E-state index in [0.29, 0.717) is 12.2 Å². The highest BCUT2D eigenvalue weighted by Crippen LogP contribution is 2.20. The summed E-state index contributed by atoms with van der Waals surface area (Å²) < 4.78 is 19.8. The van der Waals surface area contributed by atoms with Gasteiger partial charge in [-0.05, 0) is 37.5 Å². The van der Waals surface area contributed by atoms with Crippen LogP contribution < -0.4 is 5.32 Å². The van der Waals surface area contributed by atoms with Crippen molar-refractivity contribution in [3.63, 3.8) is 0 Å². The molecule has 16 heavy (non-hydrogen) atoms. The zero-order chi connectivity index (χ0) is 11.4. The number of hydrogen-bond donors (Lipinski definition) is 1. The summed E-state index contributed by atoms with van der Waals surface area (Å²) in [5.41, 5.74) is 0.539. The van der Waals surface area contributed by atoms with Crippen molar-refractivity contribution in [2.45, 2.75) is 25.4 Å². The van der Waals surface area contributed by atoms with E-state index in [-0.39, 0.29) is 11.9 Å². The molecular weight excluding hydrogens is 273 g/mol. The highest BCUT2D eigenvalue weighted by molar-refractivity contribution is 9.10. The van der Waals surface area contributed by atoms with Gasteiger partial charge in [-0.15, -0.1) is 0 Å². The Labute approximate surface area is 103 Å². The minimum absolute atomic E-state index is 0.219. The molecule has 0 saturated carbocycles. The van der Waals surface area contributed by atoms with E-state index in [9.17, 15) is 4.39 Å². The first-order chi connectivity index (χ1) is 7.75. The van der Waals surface area contributed by atoms with Crippen LogP contribution in [0.15, 0.2) is 22.7 Å². The van der Waals surface area contributed by atoms with Gasteiger partial charge in [0.05, 0.1) is 11.8 Å². The van der Waals surface area contributed by atoms with Gasteiger partial charge in [-0.2, -0.15) is 0 Å². The molecule has 1 fully saturated rings. The maximum absolute atomic E-state index is 13.5. The molecule has 0 spiro atoms. The Morgan fingerprint density at radius 3 is 3.00 bits per heavy atom. The molecule has 1 aromatic rings. The van der Waals surface area contributed by atoms with Gasteiger partial charge in [0.25, 0.3) is 0 Å². The maximum Gasteiger partial charge on any atom is 0.147 e. The van der Waals surface area contributed by atoms with Crippen LogP contribution in [0.3, 0.4) is 0 Å². The second-order valence-electron chi connectivity index (χ2n) is 3.99. The third kappa shape index (κ3) is 3.19. The van der Waals surface area contributed by atoms with E-state index in [1.807, 2.05) is 6.07 Å². The minimum Gasteiger partial charge on any atom is -0.380 e. The van der Waals surface area contributed by atoms with Crippen LogP contribution in [0.25, 0.3) is 0 Å². The molecule has 0 aliphatic carbocycles. The van der Waals surface area contributed by atoms with Crippen molar-refractivity contribution in [3.8, 4) is 0 Å². The summed E-state index contributed by atoms with van der Waals surface area (Å²) in [6.07, 6.45) is 3.63. The number of rotatable bonds is 3. The molecule has 1 heterocycles. The number of halogens is 2. The standard InChI is InChI=1S/C12H15BrFNO/c13-9-4-5-12(11(14)7-9)15-8-10-3-1-2-6-16-10/h4-5,7,10,15H,1-3,6,8H2.